The molecule has 0 unspecified atom stereocenters. The number of carbonyl (C=O) groups is 2. The molecule has 0 bridgehead atoms. The fourth-order valence-electron chi connectivity index (χ4n) is 0.847. The van der Waals surface area contributed by atoms with Crippen LogP contribution in [0.15, 0.2) is 15.9 Å². The van der Waals surface area contributed by atoms with E-state index < -0.39 is 23.9 Å². The number of halogens is 3. The number of hydrogen-bond acceptors (Lipinski definition) is 3. The summed E-state index contributed by atoms with van der Waals surface area (Å²) in [4.78, 5) is 22.5. The lowest BCUT2D eigenvalue weighted by molar-refractivity contribution is -0.139. The molecule has 82 valence electrons. The first-order valence-electron chi connectivity index (χ1n) is 3.99. The van der Waals surface area contributed by atoms with Gasteiger partial charge in [-0.25, -0.2) is 0 Å². The third kappa shape index (κ3) is 3.46. The molecular weight excluding hydrogens is 290 g/mol. The van der Waals surface area contributed by atoms with Crippen LogP contribution in [0.1, 0.15) is 23.0 Å². The van der Waals surface area contributed by atoms with Crippen molar-refractivity contribution in [3.05, 3.63) is 20.8 Å². The van der Waals surface area contributed by atoms with Gasteiger partial charge in [-0.2, -0.15) is 8.78 Å². The van der Waals surface area contributed by atoms with E-state index in [4.69, 9.17) is 0 Å². The Morgan fingerprint density at radius 1 is 1.53 bits per heavy atom. The standard InChI is InChI=1S/C9H7BrF2O2S/c1-9(11,12)8(14)3-6(13)7-2-5(10)4-15-7/h2,4H,3H2,1H3. The van der Waals surface area contributed by atoms with E-state index in [2.05, 4.69) is 15.9 Å². The lowest BCUT2D eigenvalue weighted by Gasteiger charge is -2.06. The van der Waals surface area contributed by atoms with E-state index in [1.54, 1.807) is 5.38 Å². The molecule has 0 aliphatic carbocycles. The minimum absolute atomic E-state index is 0.305. The lowest BCUT2D eigenvalue weighted by atomic mass is 10.1. The SMILES string of the molecule is CC(F)(F)C(=O)CC(=O)c1cc(Br)cs1. The molecule has 0 spiro atoms. The molecule has 2 nitrogen and oxygen atoms in total. The molecule has 0 aliphatic heterocycles. The Bertz CT molecular complexity index is 395. The summed E-state index contributed by atoms with van der Waals surface area (Å²) in [5, 5.41) is 1.65. The molecule has 1 aromatic heterocycles. The van der Waals surface area contributed by atoms with Crippen LogP contribution in [-0.4, -0.2) is 17.5 Å². The number of hydrogen-bond donors (Lipinski definition) is 0. The maximum absolute atomic E-state index is 12.5. The Kier molecular flexibility index (Phi) is 3.72. The number of carbonyl (C=O) groups excluding carboxylic acids is 2. The van der Waals surface area contributed by atoms with Crippen molar-refractivity contribution in [1.29, 1.82) is 0 Å². The van der Waals surface area contributed by atoms with Gasteiger partial charge in [0.05, 0.1) is 11.3 Å². The molecule has 1 aromatic rings. The van der Waals surface area contributed by atoms with Crippen molar-refractivity contribution in [3.8, 4) is 0 Å². The van der Waals surface area contributed by atoms with Gasteiger partial charge >= 0.3 is 5.92 Å². The van der Waals surface area contributed by atoms with E-state index in [0.29, 0.717) is 16.3 Å². The molecule has 6 heteroatoms. The van der Waals surface area contributed by atoms with Crippen LogP contribution in [0.4, 0.5) is 8.78 Å². The Morgan fingerprint density at radius 2 is 2.13 bits per heavy atom. The zero-order valence-electron chi connectivity index (χ0n) is 7.72. The summed E-state index contributed by atoms with van der Waals surface area (Å²) in [6.45, 7) is 0.493. The van der Waals surface area contributed by atoms with Crippen LogP contribution in [0, 0.1) is 0 Å². The number of ketones is 2. The van der Waals surface area contributed by atoms with E-state index in [1.807, 2.05) is 0 Å². The second-order valence-electron chi connectivity index (χ2n) is 3.04. The minimum Gasteiger partial charge on any atom is -0.293 e. The van der Waals surface area contributed by atoms with Crippen molar-refractivity contribution < 1.29 is 18.4 Å². The van der Waals surface area contributed by atoms with Gasteiger partial charge in [-0.15, -0.1) is 11.3 Å². The van der Waals surface area contributed by atoms with Gasteiger partial charge in [0, 0.05) is 16.8 Å². The highest BCUT2D eigenvalue weighted by molar-refractivity contribution is 9.10. The van der Waals surface area contributed by atoms with Crippen LogP contribution in [-0.2, 0) is 4.79 Å². The highest BCUT2D eigenvalue weighted by Crippen LogP contribution is 2.23. The van der Waals surface area contributed by atoms with Gasteiger partial charge in [0.1, 0.15) is 0 Å². The Morgan fingerprint density at radius 3 is 2.53 bits per heavy atom. The molecule has 0 aliphatic rings. The van der Waals surface area contributed by atoms with Gasteiger partial charge < -0.3 is 0 Å². The van der Waals surface area contributed by atoms with Gasteiger partial charge in [0.25, 0.3) is 0 Å². The first-order valence-corrected chi connectivity index (χ1v) is 5.66. The molecule has 0 atom stereocenters. The van der Waals surface area contributed by atoms with Crippen molar-refractivity contribution in [2.75, 3.05) is 0 Å². The minimum atomic E-state index is -3.44. The van der Waals surface area contributed by atoms with Gasteiger partial charge in [-0.1, -0.05) is 0 Å². The average molecular weight is 297 g/mol. The maximum atomic E-state index is 12.5. The van der Waals surface area contributed by atoms with Gasteiger partial charge in [-0.05, 0) is 22.0 Å². The first-order chi connectivity index (χ1) is 6.80. The van der Waals surface area contributed by atoms with E-state index in [1.165, 1.54) is 6.07 Å². The van der Waals surface area contributed by atoms with Crippen LogP contribution in [0.25, 0.3) is 0 Å². The van der Waals surface area contributed by atoms with Gasteiger partial charge in [0.15, 0.2) is 5.78 Å². The molecular formula is C9H7BrF2O2S. The van der Waals surface area contributed by atoms with Crippen molar-refractivity contribution in [3.63, 3.8) is 0 Å². The monoisotopic (exact) mass is 296 g/mol. The number of thiophene rings is 1. The third-order valence-electron chi connectivity index (χ3n) is 1.65. The van der Waals surface area contributed by atoms with Crippen molar-refractivity contribution in [2.24, 2.45) is 0 Å². The highest BCUT2D eigenvalue weighted by atomic mass is 79.9. The normalized spacial score (nSPS) is 11.5. The van der Waals surface area contributed by atoms with Gasteiger partial charge in [-0.3, -0.25) is 9.59 Å². The zero-order valence-corrected chi connectivity index (χ0v) is 10.1. The Balaban J connectivity index is 2.69. The summed E-state index contributed by atoms with van der Waals surface area (Å²) in [6.07, 6.45) is -0.754. The number of rotatable bonds is 4. The Labute approximate surface area is 97.4 Å². The molecule has 15 heavy (non-hydrogen) atoms. The van der Waals surface area contributed by atoms with Crippen LogP contribution in [0.5, 0.6) is 0 Å². The first kappa shape index (κ1) is 12.4. The van der Waals surface area contributed by atoms with E-state index >= 15 is 0 Å². The lowest BCUT2D eigenvalue weighted by Crippen LogP contribution is -2.26. The smallest absolute Gasteiger partial charge is 0.293 e. The third-order valence-corrected chi connectivity index (χ3v) is 3.39. The maximum Gasteiger partial charge on any atom is 0.303 e. The summed E-state index contributed by atoms with van der Waals surface area (Å²) in [6, 6.07) is 1.51. The Hall–Kier alpha value is -0.620. The summed E-state index contributed by atoms with van der Waals surface area (Å²) in [5.41, 5.74) is 0. The van der Waals surface area contributed by atoms with Crippen molar-refractivity contribution in [2.45, 2.75) is 19.3 Å². The quantitative estimate of drug-likeness (QED) is 0.631. The fourth-order valence-corrected chi connectivity index (χ4v) is 2.21. The topological polar surface area (TPSA) is 34.1 Å². The second-order valence-corrected chi connectivity index (χ2v) is 4.87. The second kappa shape index (κ2) is 4.49. The molecule has 0 saturated heterocycles. The molecule has 0 amide bonds. The molecule has 0 radical (unpaired) electrons. The van der Waals surface area contributed by atoms with Crippen molar-refractivity contribution in [1.82, 2.24) is 0 Å². The molecule has 1 rings (SSSR count). The van der Waals surface area contributed by atoms with E-state index in [-0.39, 0.29) is 0 Å². The van der Waals surface area contributed by atoms with Crippen LogP contribution in [0.2, 0.25) is 0 Å². The largest absolute Gasteiger partial charge is 0.303 e. The fraction of sp³-hybridized carbons (Fsp3) is 0.333. The molecule has 1 heterocycles. The van der Waals surface area contributed by atoms with E-state index in [9.17, 15) is 18.4 Å². The summed E-state index contributed by atoms with van der Waals surface area (Å²) >= 11 is 4.25. The molecule has 0 fully saturated rings. The summed E-state index contributed by atoms with van der Waals surface area (Å²) in [7, 11) is 0. The summed E-state index contributed by atoms with van der Waals surface area (Å²) < 4.78 is 25.7. The van der Waals surface area contributed by atoms with Crippen molar-refractivity contribution >= 4 is 38.8 Å². The van der Waals surface area contributed by atoms with E-state index in [0.717, 1.165) is 11.3 Å². The average Bonchev–Trinajstić information content (AvgIpc) is 2.50. The van der Waals surface area contributed by atoms with Crippen LogP contribution >= 0.6 is 27.3 Å². The predicted molar refractivity (Wildman–Crippen MR) is 56.6 cm³/mol. The molecule has 0 saturated carbocycles. The molecule has 0 aromatic carbocycles. The van der Waals surface area contributed by atoms with Crippen LogP contribution < -0.4 is 0 Å². The predicted octanol–water partition coefficient (Wildman–Crippen LogP) is 3.31. The number of alkyl halides is 2. The summed E-state index contributed by atoms with van der Waals surface area (Å²) in [5.74, 6) is -5.36. The number of Topliss-reactive ketones (excluding diaryl/α,β-unsaturated/α-hetero) is 2. The highest BCUT2D eigenvalue weighted by Gasteiger charge is 2.33. The zero-order chi connectivity index (χ0) is 11.6. The molecule has 0 N–H and O–H groups in total. The van der Waals surface area contributed by atoms with Crippen LogP contribution in [0.3, 0.4) is 0 Å². The van der Waals surface area contributed by atoms with Gasteiger partial charge in [0.2, 0.25) is 5.78 Å².